The van der Waals surface area contributed by atoms with E-state index in [0.29, 0.717) is 17.1 Å². The number of methoxy groups -OCH3 is 1. The third-order valence-electron chi connectivity index (χ3n) is 4.09. The Morgan fingerprint density at radius 1 is 1.17 bits per heavy atom. The predicted molar refractivity (Wildman–Crippen MR) is 93.6 cm³/mol. The normalized spacial score (nSPS) is 14.3. The molecule has 0 amide bonds. The Balaban J connectivity index is 1.78. The van der Waals surface area contributed by atoms with Gasteiger partial charge >= 0.3 is 5.97 Å². The van der Waals surface area contributed by atoms with Gasteiger partial charge in [-0.2, -0.15) is 0 Å². The number of hydrogen-bond acceptors (Lipinski definition) is 7. The third kappa shape index (κ3) is 3.40. The Bertz CT molecular complexity index is 711. The number of piperidine rings is 1. The van der Waals surface area contributed by atoms with E-state index in [1.54, 1.807) is 24.3 Å². The maximum atomic E-state index is 11.5. The molecule has 0 aliphatic carbocycles. The van der Waals surface area contributed by atoms with Gasteiger partial charge in [-0.3, -0.25) is 0 Å². The average molecular weight is 327 g/mol. The number of benzene rings is 1. The summed E-state index contributed by atoms with van der Waals surface area (Å²) in [6.07, 6.45) is 5.08. The number of esters is 1. The Kier molecular flexibility index (Phi) is 4.79. The molecule has 1 saturated heterocycles. The van der Waals surface area contributed by atoms with E-state index in [-0.39, 0.29) is 5.97 Å². The zero-order valence-corrected chi connectivity index (χ0v) is 13.7. The van der Waals surface area contributed by atoms with E-state index in [1.807, 2.05) is 0 Å². The summed E-state index contributed by atoms with van der Waals surface area (Å²) in [5, 5.41) is 3.18. The molecule has 7 nitrogen and oxygen atoms in total. The van der Waals surface area contributed by atoms with Gasteiger partial charge in [-0.25, -0.2) is 14.8 Å². The molecule has 3 N–H and O–H groups in total. The summed E-state index contributed by atoms with van der Waals surface area (Å²) in [6, 6.07) is 6.96. The summed E-state index contributed by atoms with van der Waals surface area (Å²) in [5.74, 6) is 0.977. The molecule has 0 spiro atoms. The SMILES string of the molecule is COC(=O)c1ccc(Nc2ncnc(N3CCCCC3)c2N)cc1. The van der Waals surface area contributed by atoms with Crippen LogP contribution in [0.3, 0.4) is 0 Å². The first-order chi connectivity index (χ1) is 11.7. The van der Waals surface area contributed by atoms with Crippen LogP contribution >= 0.6 is 0 Å². The van der Waals surface area contributed by atoms with Gasteiger partial charge in [-0.05, 0) is 43.5 Å². The topological polar surface area (TPSA) is 93.4 Å². The Hall–Kier alpha value is -2.83. The number of nitrogens with zero attached hydrogens (tertiary/aromatic N) is 3. The molecule has 0 atom stereocenters. The van der Waals surface area contributed by atoms with Gasteiger partial charge in [0.1, 0.15) is 12.0 Å². The van der Waals surface area contributed by atoms with E-state index in [0.717, 1.165) is 37.4 Å². The molecule has 0 radical (unpaired) electrons. The fourth-order valence-corrected chi connectivity index (χ4v) is 2.79. The quantitative estimate of drug-likeness (QED) is 0.834. The Morgan fingerprint density at radius 2 is 1.88 bits per heavy atom. The number of nitrogens with one attached hydrogen (secondary N) is 1. The summed E-state index contributed by atoms with van der Waals surface area (Å²) in [6.45, 7) is 1.93. The molecule has 2 heterocycles. The summed E-state index contributed by atoms with van der Waals surface area (Å²) in [7, 11) is 1.36. The van der Waals surface area contributed by atoms with Crippen molar-refractivity contribution in [2.75, 3.05) is 36.1 Å². The minimum Gasteiger partial charge on any atom is -0.465 e. The Morgan fingerprint density at radius 3 is 2.54 bits per heavy atom. The summed E-state index contributed by atoms with van der Waals surface area (Å²) in [5.41, 5.74) is 8.08. The molecule has 0 saturated carbocycles. The maximum Gasteiger partial charge on any atom is 0.337 e. The lowest BCUT2D eigenvalue weighted by Crippen LogP contribution is -2.31. The molecule has 3 rings (SSSR count). The van der Waals surface area contributed by atoms with E-state index in [1.165, 1.54) is 19.9 Å². The standard InChI is InChI=1S/C17H21N5O2/c1-24-17(23)12-5-7-13(8-6-12)21-15-14(18)16(20-11-19-15)22-9-3-2-4-10-22/h5-8,11H,2-4,9-10,18H2,1H3,(H,19,20,21). The number of anilines is 4. The van der Waals surface area contributed by atoms with Crippen LogP contribution in [0.1, 0.15) is 29.6 Å². The molecule has 1 aromatic carbocycles. The van der Waals surface area contributed by atoms with Gasteiger partial charge in [0.25, 0.3) is 0 Å². The number of rotatable bonds is 4. The van der Waals surface area contributed by atoms with Gasteiger partial charge in [0.05, 0.1) is 12.7 Å². The van der Waals surface area contributed by atoms with Crippen LogP contribution < -0.4 is 16.0 Å². The highest BCUT2D eigenvalue weighted by molar-refractivity contribution is 5.90. The highest BCUT2D eigenvalue weighted by atomic mass is 16.5. The van der Waals surface area contributed by atoms with Crippen LogP contribution in [0.25, 0.3) is 0 Å². The second-order valence-electron chi connectivity index (χ2n) is 5.70. The molecule has 2 aromatic rings. The van der Waals surface area contributed by atoms with Gasteiger partial charge < -0.3 is 20.7 Å². The van der Waals surface area contributed by atoms with Crippen LogP contribution in [-0.2, 0) is 4.74 Å². The van der Waals surface area contributed by atoms with E-state index in [4.69, 9.17) is 10.5 Å². The molecular weight excluding hydrogens is 306 g/mol. The predicted octanol–water partition coefficient (Wildman–Crippen LogP) is 2.58. The van der Waals surface area contributed by atoms with Crippen molar-refractivity contribution in [1.29, 1.82) is 0 Å². The average Bonchev–Trinajstić information content (AvgIpc) is 2.64. The minimum absolute atomic E-state index is 0.365. The van der Waals surface area contributed by atoms with Crippen LogP contribution in [0.2, 0.25) is 0 Å². The van der Waals surface area contributed by atoms with Crippen molar-refractivity contribution in [2.45, 2.75) is 19.3 Å². The maximum absolute atomic E-state index is 11.5. The highest BCUT2D eigenvalue weighted by Gasteiger charge is 2.17. The van der Waals surface area contributed by atoms with Crippen molar-refractivity contribution in [2.24, 2.45) is 0 Å². The van der Waals surface area contributed by atoms with Gasteiger partial charge in [0, 0.05) is 18.8 Å². The second-order valence-corrected chi connectivity index (χ2v) is 5.70. The van der Waals surface area contributed by atoms with Crippen LogP contribution in [0, 0.1) is 0 Å². The molecule has 1 fully saturated rings. The molecule has 24 heavy (non-hydrogen) atoms. The van der Waals surface area contributed by atoms with Crippen LogP contribution in [0.15, 0.2) is 30.6 Å². The number of aromatic nitrogens is 2. The lowest BCUT2D eigenvalue weighted by atomic mass is 10.1. The van der Waals surface area contributed by atoms with Gasteiger partial charge in [-0.15, -0.1) is 0 Å². The van der Waals surface area contributed by atoms with E-state index in [2.05, 4.69) is 20.2 Å². The zero-order valence-electron chi connectivity index (χ0n) is 13.7. The molecule has 7 heteroatoms. The van der Waals surface area contributed by atoms with Crippen LogP contribution in [-0.4, -0.2) is 36.1 Å². The monoisotopic (exact) mass is 327 g/mol. The fourth-order valence-electron chi connectivity index (χ4n) is 2.79. The van der Waals surface area contributed by atoms with E-state index in [9.17, 15) is 4.79 Å². The number of carbonyl (C=O) groups excluding carboxylic acids is 1. The number of nitrogen functional groups attached to an aromatic ring is 1. The van der Waals surface area contributed by atoms with Crippen molar-refractivity contribution < 1.29 is 9.53 Å². The first kappa shape index (κ1) is 16.0. The second kappa shape index (κ2) is 7.16. The van der Waals surface area contributed by atoms with Crippen molar-refractivity contribution >= 4 is 29.0 Å². The van der Waals surface area contributed by atoms with Crippen molar-refractivity contribution in [3.05, 3.63) is 36.2 Å². The van der Waals surface area contributed by atoms with Crippen molar-refractivity contribution in [3.8, 4) is 0 Å². The molecule has 0 bridgehead atoms. The van der Waals surface area contributed by atoms with Gasteiger partial charge in [-0.1, -0.05) is 0 Å². The molecule has 1 aliphatic heterocycles. The number of hydrogen-bond donors (Lipinski definition) is 2. The summed E-state index contributed by atoms with van der Waals surface area (Å²) in [4.78, 5) is 22.2. The van der Waals surface area contributed by atoms with Crippen molar-refractivity contribution in [1.82, 2.24) is 9.97 Å². The van der Waals surface area contributed by atoms with Gasteiger partial charge in [0.2, 0.25) is 0 Å². The number of ether oxygens (including phenoxy) is 1. The van der Waals surface area contributed by atoms with Gasteiger partial charge in [0.15, 0.2) is 11.6 Å². The lowest BCUT2D eigenvalue weighted by molar-refractivity contribution is 0.0601. The third-order valence-corrected chi connectivity index (χ3v) is 4.09. The lowest BCUT2D eigenvalue weighted by Gasteiger charge is -2.28. The molecular formula is C17H21N5O2. The first-order valence-electron chi connectivity index (χ1n) is 8.00. The molecule has 1 aliphatic rings. The van der Waals surface area contributed by atoms with E-state index >= 15 is 0 Å². The number of carbonyl (C=O) groups is 1. The molecule has 126 valence electrons. The Labute approximate surface area is 140 Å². The summed E-state index contributed by atoms with van der Waals surface area (Å²) >= 11 is 0. The smallest absolute Gasteiger partial charge is 0.337 e. The van der Waals surface area contributed by atoms with Crippen LogP contribution in [0.5, 0.6) is 0 Å². The number of nitrogens with two attached hydrogens (primary N) is 1. The van der Waals surface area contributed by atoms with E-state index < -0.39 is 0 Å². The van der Waals surface area contributed by atoms with Crippen LogP contribution in [0.4, 0.5) is 23.0 Å². The zero-order chi connectivity index (χ0) is 16.9. The fraction of sp³-hybridized carbons (Fsp3) is 0.353. The molecule has 0 unspecified atom stereocenters. The largest absolute Gasteiger partial charge is 0.465 e. The summed E-state index contributed by atoms with van der Waals surface area (Å²) < 4.78 is 4.69. The van der Waals surface area contributed by atoms with Crippen molar-refractivity contribution in [3.63, 3.8) is 0 Å². The first-order valence-corrected chi connectivity index (χ1v) is 8.00. The highest BCUT2D eigenvalue weighted by Crippen LogP contribution is 2.30. The molecule has 1 aromatic heterocycles. The minimum atomic E-state index is -0.365.